The number of benzene rings is 1. The molecule has 130 valence electrons. The average Bonchev–Trinajstić information content (AvgIpc) is 3.14. The van der Waals surface area contributed by atoms with Gasteiger partial charge in [-0.1, -0.05) is 56.8 Å². The lowest BCUT2D eigenvalue weighted by Gasteiger charge is -2.21. The summed E-state index contributed by atoms with van der Waals surface area (Å²) in [4.78, 5) is 11.5. The van der Waals surface area contributed by atoms with Crippen molar-refractivity contribution in [2.24, 2.45) is 0 Å². The molecule has 0 unspecified atom stereocenters. The highest BCUT2D eigenvalue weighted by atomic mass is 32.2. The third kappa shape index (κ3) is 3.64. The molecule has 1 aliphatic rings. The zero-order valence-electron chi connectivity index (χ0n) is 15.3. The van der Waals surface area contributed by atoms with E-state index in [0.29, 0.717) is 5.56 Å². The molecule has 1 aromatic carbocycles. The molecule has 1 fully saturated rings. The molecular weight excluding hydrogens is 328 g/mol. The summed E-state index contributed by atoms with van der Waals surface area (Å²) in [6, 6.07) is 10.8. The summed E-state index contributed by atoms with van der Waals surface area (Å²) in [5.41, 5.74) is 3.68. The number of aromatic nitrogens is 2. The molecule has 0 radical (unpaired) electrons. The van der Waals surface area contributed by atoms with Gasteiger partial charge in [-0.3, -0.25) is 0 Å². The number of anilines is 1. The minimum absolute atomic E-state index is 0.105. The second-order valence-corrected chi connectivity index (χ2v) is 8.16. The van der Waals surface area contributed by atoms with Crippen LogP contribution in [-0.2, 0) is 5.41 Å². The Morgan fingerprint density at radius 3 is 2.24 bits per heavy atom. The van der Waals surface area contributed by atoms with Crippen LogP contribution in [0.3, 0.4) is 0 Å². The molecule has 0 aliphatic carbocycles. The maximum absolute atomic E-state index is 9.80. The maximum atomic E-state index is 9.80. The van der Waals surface area contributed by atoms with Gasteiger partial charge in [-0.15, -0.1) is 0 Å². The largest absolute Gasteiger partial charge is 0.355 e. The van der Waals surface area contributed by atoms with E-state index in [-0.39, 0.29) is 5.41 Å². The van der Waals surface area contributed by atoms with Gasteiger partial charge in [0.05, 0.1) is 5.69 Å². The van der Waals surface area contributed by atoms with Crippen molar-refractivity contribution in [1.29, 1.82) is 5.26 Å². The Morgan fingerprint density at radius 1 is 1.08 bits per heavy atom. The Kier molecular flexibility index (Phi) is 5.01. The summed E-state index contributed by atoms with van der Waals surface area (Å²) in [7, 11) is 0. The molecule has 0 amide bonds. The Hall–Kier alpha value is -2.06. The number of nitrogens with zero attached hydrogens (tertiary/aromatic N) is 4. The minimum atomic E-state index is 0.105. The number of hydrogen-bond acceptors (Lipinski definition) is 5. The van der Waals surface area contributed by atoms with Crippen LogP contribution in [0.4, 0.5) is 5.82 Å². The highest BCUT2D eigenvalue weighted by Crippen LogP contribution is 2.33. The highest BCUT2D eigenvalue weighted by Gasteiger charge is 2.23. The van der Waals surface area contributed by atoms with Crippen LogP contribution >= 0.6 is 11.8 Å². The molecule has 4 nitrogen and oxygen atoms in total. The topological polar surface area (TPSA) is 52.8 Å². The van der Waals surface area contributed by atoms with Crippen molar-refractivity contribution in [3.63, 3.8) is 0 Å². The molecular formula is C20H24N4S. The fourth-order valence-corrected chi connectivity index (χ4v) is 3.48. The van der Waals surface area contributed by atoms with Gasteiger partial charge in [-0.25, -0.2) is 9.97 Å². The van der Waals surface area contributed by atoms with E-state index >= 15 is 0 Å². The van der Waals surface area contributed by atoms with Crippen molar-refractivity contribution in [3.8, 4) is 17.3 Å². The molecule has 25 heavy (non-hydrogen) atoms. The van der Waals surface area contributed by atoms with Crippen LogP contribution in [0.25, 0.3) is 11.3 Å². The van der Waals surface area contributed by atoms with Crippen LogP contribution < -0.4 is 4.90 Å². The van der Waals surface area contributed by atoms with Crippen LogP contribution in [0.1, 0.15) is 44.7 Å². The molecule has 0 saturated carbocycles. The monoisotopic (exact) mass is 352 g/mol. The molecule has 1 saturated heterocycles. The lowest BCUT2D eigenvalue weighted by atomic mass is 9.86. The van der Waals surface area contributed by atoms with Crippen LogP contribution in [0.2, 0.25) is 0 Å². The zero-order chi connectivity index (χ0) is 18.0. The standard InChI is InChI=1S/C20H24N4S/c1-20(2,3)15-9-7-14(8-10-15)17-16(13-21)18(23-19(22-17)25-4)24-11-5-6-12-24/h7-10H,5-6,11-12H2,1-4H3. The number of hydrogen-bond donors (Lipinski definition) is 0. The van der Waals surface area contributed by atoms with Crippen LogP contribution in [0, 0.1) is 11.3 Å². The number of thioether (sulfide) groups is 1. The van der Waals surface area contributed by atoms with Crippen LogP contribution in [0.5, 0.6) is 0 Å². The number of nitriles is 1. The van der Waals surface area contributed by atoms with Gasteiger partial charge in [0.2, 0.25) is 0 Å². The Bertz CT molecular complexity index is 794. The first kappa shape index (κ1) is 17.8. The van der Waals surface area contributed by atoms with Gasteiger partial charge < -0.3 is 4.90 Å². The summed E-state index contributed by atoms with van der Waals surface area (Å²) in [6.07, 6.45) is 4.28. The molecule has 0 N–H and O–H groups in total. The van der Waals surface area contributed by atoms with E-state index in [1.54, 1.807) is 0 Å². The Labute approximate surface area is 154 Å². The fraction of sp³-hybridized carbons (Fsp3) is 0.450. The maximum Gasteiger partial charge on any atom is 0.189 e. The first-order chi connectivity index (χ1) is 11.9. The summed E-state index contributed by atoms with van der Waals surface area (Å²) in [5, 5.41) is 10.5. The van der Waals surface area contributed by atoms with Crippen LogP contribution in [-0.4, -0.2) is 29.3 Å². The summed E-state index contributed by atoms with van der Waals surface area (Å²) >= 11 is 1.52. The third-order valence-corrected chi connectivity index (χ3v) is 5.14. The van der Waals surface area contributed by atoms with E-state index < -0.39 is 0 Å². The van der Waals surface area contributed by atoms with Crippen molar-refractivity contribution < 1.29 is 0 Å². The predicted molar refractivity (Wildman–Crippen MR) is 104 cm³/mol. The lowest BCUT2D eigenvalue weighted by Crippen LogP contribution is -2.21. The van der Waals surface area contributed by atoms with Gasteiger partial charge in [-0.2, -0.15) is 5.26 Å². The van der Waals surface area contributed by atoms with Crippen molar-refractivity contribution in [3.05, 3.63) is 35.4 Å². The van der Waals surface area contributed by atoms with Crippen molar-refractivity contribution in [2.45, 2.75) is 44.2 Å². The van der Waals surface area contributed by atoms with Crippen molar-refractivity contribution >= 4 is 17.6 Å². The Balaban J connectivity index is 2.11. The molecule has 2 aromatic rings. The van der Waals surface area contributed by atoms with Gasteiger partial charge in [0, 0.05) is 18.7 Å². The van der Waals surface area contributed by atoms with Gasteiger partial charge in [0.1, 0.15) is 11.6 Å². The summed E-state index contributed by atoms with van der Waals surface area (Å²) in [5.74, 6) is 0.786. The van der Waals surface area contributed by atoms with Gasteiger partial charge in [-0.05, 0) is 30.1 Å². The zero-order valence-corrected chi connectivity index (χ0v) is 16.2. The molecule has 1 aromatic heterocycles. The summed E-state index contributed by atoms with van der Waals surface area (Å²) < 4.78 is 0. The van der Waals surface area contributed by atoms with E-state index in [1.807, 2.05) is 6.26 Å². The lowest BCUT2D eigenvalue weighted by molar-refractivity contribution is 0.590. The molecule has 3 rings (SSSR count). The van der Waals surface area contributed by atoms with Gasteiger partial charge in [0.25, 0.3) is 0 Å². The van der Waals surface area contributed by atoms with E-state index in [1.165, 1.54) is 17.3 Å². The van der Waals surface area contributed by atoms with Crippen molar-refractivity contribution in [1.82, 2.24) is 9.97 Å². The third-order valence-electron chi connectivity index (χ3n) is 4.59. The predicted octanol–water partition coefficient (Wildman–Crippen LogP) is 4.63. The van der Waals surface area contributed by atoms with Crippen molar-refractivity contribution in [2.75, 3.05) is 24.2 Å². The molecule has 5 heteroatoms. The molecule has 0 bridgehead atoms. The van der Waals surface area contributed by atoms with E-state index in [0.717, 1.165) is 48.2 Å². The normalized spacial score (nSPS) is 14.6. The first-order valence-corrected chi connectivity index (χ1v) is 9.88. The second kappa shape index (κ2) is 7.05. The molecule has 1 aliphatic heterocycles. The van der Waals surface area contributed by atoms with E-state index in [2.05, 4.69) is 66.0 Å². The second-order valence-electron chi connectivity index (χ2n) is 7.39. The van der Waals surface area contributed by atoms with Crippen LogP contribution in [0.15, 0.2) is 29.4 Å². The number of rotatable bonds is 3. The highest BCUT2D eigenvalue weighted by molar-refractivity contribution is 7.98. The first-order valence-electron chi connectivity index (χ1n) is 8.66. The van der Waals surface area contributed by atoms with Gasteiger partial charge >= 0.3 is 0 Å². The quantitative estimate of drug-likeness (QED) is 0.595. The minimum Gasteiger partial charge on any atom is -0.355 e. The molecule has 2 heterocycles. The smallest absolute Gasteiger partial charge is 0.189 e. The molecule has 0 atom stereocenters. The SMILES string of the molecule is CSc1nc(-c2ccc(C(C)(C)C)cc2)c(C#N)c(N2CCCC2)n1. The Morgan fingerprint density at radius 2 is 1.72 bits per heavy atom. The van der Waals surface area contributed by atoms with E-state index in [4.69, 9.17) is 0 Å². The fourth-order valence-electron chi connectivity index (χ4n) is 3.12. The van der Waals surface area contributed by atoms with Gasteiger partial charge in [0.15, 0.2) is 11.0 Å². The molecule has 0 spiro atoms. The van der Waals surface area contributed by atoms with E-state index in [9.17, 15) is 5.26 Å². The summed E-state index contributed by atoms with van der Waals surface area (Å²) in [6.45, 7) is 8.52. The average molecular weight is 353 g/mol.